The monoisotopic (exact) mass is 154 g/mol. The summed E-state index contributed by atoms with van der Waals surface area (Å²) in [7, 11) is 0. The van der Waals surface area contributed by atoms with Gasteiger partial charge in [0.1, 0.15) is 0 Å². The average Bonchev–Trinajstić information content (AvgIpc) is 2.29. The van der Waals surface area contributed by atoms with E-state index in [2.05, 4.69) is 17.1 Å². The molecule has 0 spiro atoms. The van der Waals surface area contributed by atoms with Gasteiger partial charge in [-0.2, -0.15) is 0 Å². The van der Waals surface area contributed by atoms with Crippen LogP contribution in [0.3, 0.4) is 0 Å². The lowest BCUT2D eigenvalue weighted by Crippen LogP contribution is -2.05. The van der Waals surface area contributed by atoms with E-state index in [1.807, 2.05) is 6.92 Å². The van der Waals surface area contributed by atoms with Crippen LogP contribution in [0, 0.1) is 6.92 Å². The maximum atomic E-state index is 11.1. The number of hydrogen-bond donors (Lipinski definition) is 2. The highest BCUT2D eigenvalue weighted by molar-refractivity contribution is 5.14. The largest absolute Gasteiger partial charge is 0.302 e. The first-order valence-corrected chi connectivity index (χ1v) is 4.01. The molecule has 0 saturated carbocycles. The molecule has 0 aromatic carbocycles. The molecule has 1 rings (SSSR count). The highest BCUT2D eigenvalue weighted by atomic mass is 16.1. The van der Waals surface area contributed by atoms with E-state index < -0.39 is 0 Å². The van der Waals surface area contributed by atoms with Gasteiger partial charge in [0.25, 0.3) is 5.56 Å². The van der Waals surface area contributed by atoms with Gasteiger partial charge in [-0.25, -0.2) is 0 Å². The standard InChI is InChI=1S/C8H14N2O/c1-3-4-5-7-6(2)9-10-8(7)11/h3-5H2,1-2H3,(H2,9,10,11). The van der Waals surface area contributed by atoms with Gasteiger partial charge in [0, 0.05) is 11.3 Å². The summed E-state index contributed by atoms with van der Waals surface area (Å²) >= 11 is 0. The number of aromatic amines is 2. The van der Waals surface area contributed by atoms with Crippen molar-refractivity contribution in [1.82, 2.24) is 10.2 Å². The summed E-state index contributed by atoms with van der Waals surface area (Å²) < 4.78 is 0. The van der Waals surface area contributed by atoms with Crippen molar-refractivity contribution in [1.29, 1.82) is 0 Å². The SMILES string of the molecule is CCCCc1c(C)[nH][nH]c1=O. The number of unbranched alkanes of at least 4 members (excludes halogenated alkanes) is 1. The lowest BCUT2D eigenvalue weighted by atomic mass is 10.1. The number of rotatable bonds is 3. The molecule has 0 atom stereocenters. The van der Waals surface area contributed by atoms with Crippen LogP contribution in [0.1, 0.15) is 31.0 Å². The van der Waals surface area contributed by atoms with Gasteiger partial charge in [-0.1, -0.05) is 13.3 Å². The van der Waals surface area contributed by atoms with Gasteiger partial charge in [-0.3, -0.25) is 9.89 Å². The van der Waals surface area contributed by atoms with Gasteiger partial charge >= 0.3 is 0 Å². The molecule has 1 aromatic rings. The third-order valence-corrected chi connectivity index (χ3v) is 1.87. The first-order valence-electron chi connectivity index (χ1n) is 4.01. The third-order valence-electron chi connectivity index (χ3n) is 1.87. The van der Waals surface area contributed by atoms with E-state index in [4.69, 9.17) is 0 Å². The number of aryl methyl sites for hydroxylation is 1. The quantitative estimate of drug-likeness (QED) is 0.678. The van der Waals surface area contributed by atoms with Crippen LogP contribution in [0.4, 0.5) is 0 Å². The smallest absolute Gasteiger partial charge is 0.267 e. The van der Waals surface area contributed by atoms with Crippen molar-refractivity contribution < 1.29 is 0 Å². The van der Waals surface area contributed by atoms with Crippen LogP contribution in [0.5, 0.6) is 0 Å². The molecule has 2 N–H and O–H groups in total. The molecule has 0 fully saturated rings. The van der Waals surface area contributed by atoms with E-state index in [0.717, 1.165) is 30.5 Å². The first-order chi connectivity index (χ1) is 5.25. The summed E-state index contributed by atoms with van der Waals surface area (Å²) in [6.07, 6.45) is 3.10. The Balaban J connectivity index is 2.75. The summed E-state index contributed by atoms with van der Waals surface area (Å²) in [6.45, 7) is 4.04. The summed E-state index contributed by atoms with van der Waals surface area (Å²) in [6, 6.07) is 0. The summed E-state index contributed by atoms with van der Waals surface area (Å²) in [5.74, 6) is 0. The lowest BCUT2D eigenvalue weighted by molar-refractivity contribution is 0.788. The van der Waals surface area contributed by atoms with Crippen molar-refractivity contribution in [2.75, 3.05) is 0 Å². The molecule has 0 unspecified atom stereocenters. The van der Waals surface area contributed by atoms with E-state index in [9.17, 15) is 4.79 Å². The molecule has 0 bridgehead atoms. The predicted molar refractivity (Wildman–Crippen MR) is 44.8 cm³/mol. The van der Waals surface area contributed by atoms with Crippen molar-refractivity contribution in [2.45, 2.75) is 33.1 Å². The minimum atomic E-state index is 0.0379. The van der Waals surface area contributed by atoms with Crippen molar-refractivity contribution in [3.63, 3.8) is 0 Å². The fraction of sp³-hybridized carbons (Fsp3) is 0.625. The zero-order valence-electron chi connectivity index (χ0n) is 7.03. The molecule has 0 saturated heterocycles. The molecular formula is C8H14N2O. The van der Waals surface area contributed by atoms with Crippen LogP contribution in [-0.4, -0.2) is 10.2 Å². The Kier molecular flexibility index (Phi) is 2.52. The van der Waals surface area contributed by atoms with E-state index in [1.165, 1.54) is 0 Å². The maximum Gasteiger partial charge on any atom is 0.267 e. The van der Waals surface area contributed by atoms with E-state index in [0.29, 0.717) is 0 Å². The van der Waals surface area contributed by atoms with Crippen molar-refractivity contribution in [3.05, 3.63) is 21.6 Å². The molecule has 1 heterocycles. The van der Waals surface area contributed by atoms with Crippen LogP contribution in [0.15, 0.2) is 4.79 Å². The Morgan fingerprint density at radius 1 is 1.36 bits per heavy atom. The van der Waals surface area contributed by atoms with Gasteiger partial charge in [0.2, 0.25) is 0 Å². The number of hydrogen-bond acceptors (Lipinski definition) is 1. The fourth-order valence-electron chi connectivity index (χ4n) is 1.13. The Hall–Kier alpha value is -0.990. The highest BCUT2D eigenvalue weighted by Gasteiger charge is 2.03. The van der Waals surface area contributed by atoms with Crippen molar-refractivity contribution in [3.8, 4) is 0 Å². The molecule has 11 heavy (non-hydrogen) atoms. The molecule has 0 aliphatic carbocycles. The minimum absolute atomic E-state index is 0.0379. The Morgan fingerprint density at radius 2 is 2.09 bits per heavy atom. The minimum Gasteiger partial charge on any atom is -0.302 e. The topological polar surface area (TPSA) is 48.6 Å². The first kappa shape index (κ1) is 8.11. The van der Waals surface area contributed by atoms with E-state index in [-0.39, 0.29) is 5.56 Å². The summed E-state index contributed by atoms with van der Waals surface area (Å²) in [5, 5.41) is 5.37. The Morgan fingerprint density at radius 3 is 2.55 bits per heavy atom. The zero-order valence-corrected chi connectivity index (χ0v) is 7.03. The molecule has 0 amide bonds. The lowest BCUT2D eigenvalue weighted by Gasteiger charge is -1.93. The number of nitrogens with one attached hydrogen (secondary N) is 2. The van der Waals surface area contributed by atoms with Gasteiger partial charge in [-0.15, -0.1) is 0 Å². The van der Waals surface area contributed by atoms with Crippen LogP contribution in [-0.2, 0) is 6.42 Å². The van der Waals surface area contributed by atoms with Gasteiger partial charge in [0.05, 0.1) is 0 Å². The van der Waals surface area contributed by atoms with Gasteiger partial charge in [-0.05, 0) is 19.8 Å². The molecule has 0 aliphatic rings. The second-order valence-electron chi connectivity index (χ2n) is 2.79. The van der Waals surface area contributed by atoms with Crippen molar-refractivity contribution in [2.24, 2.45) is 0 Å². The molecule has 0 radical (unpaired) electrons. The van der Waals surface area contributed by atoms with Crippen molar-refractivity contribution >= 4 is 0 Å². The predicted octanol–water partition coefficient (Wildman–Crippen LogP) is 1.35. The second-order valence-corrected chi connectivity index (χ2v) is 2.79. The molecule has 3 nitrogen and oxygen atoms in total. The number of aromatic nitrogens is 2. The Labute approximate surface area is 65.8 Å². The average molecular weight is 154 g/mol. The molecule has 62 valence electrons. The molecule has 1 aromatic heterocycles. The summed E-state index contributed by atoms with van der Waals surface area (Å²) in [4.78, 5) is 11.1. The van der Waals surface area contributed by atoms with Gasteiger partial charge < -0.3 is 5.10 Å². The van der Waals surface area contributed by atoms with Gasteiger partial charge in [0.15, 0.2) is 0 Å². The zero-order chi connectivity index (χ0) is 8.27. The fourth-order valence-corrected chi connectivity index (χ4v) is 1.13. The van der Waals surface area contributed by atoms with E-state index >= 15 is 0 Å². The van der Waals surface area contributed by atoms with Crippen LogP contribution >= 0.6 is 0 Å². The van der Waals surface area contributed by atoms with E-state index in [1.54, 1.807) is 0 Å². The van der Waals surface area contributed by atoms with Crippen LogP contribution in [0.2, 0.25) is 0 Å². The summed E-state index contributed by atoms with van der Waals surface area (Å²) in [5.41, 5.74) is 1.92. The second kappa shape index (κ2) is 3.42. The normalized spacial score (nSPS) is 10.4. The van der Waals surface area contributed by atoms with Crippen LogP contribution in [0.25, 0.3) is 0 Å². The molecule has 0 aliphatic heterocycles. The highest BCUT2D eigenvalue weighted by Crippen LogP contribution is 2.02. The number of H-pyrrole nitrogens is 2. The maximum absolute atomic E-state index is 11.1. The molecular weight excluding hydrogens is 140 g/mol. The molecule has 3 heteroatoms. The Bertz CT molecular complexity index is 272. The van der Waals surface area contributed by atoms with Crippen LogP contribution < -0.4 is 5.56 Å². The third kappa shape index (κ3) is 1.73.